The fourth-order valence-electron chi connectivity index (χ4n) is 2.50. The molecule has 1 atom stereocenters. The lowest BCUT2D eigenvalue weighted by Gasteiger charge is -2.26. The number of nitrogens with one attached hydrogen (secondary N) is 1. The van der Waals surface area contributed by atoms with Crippen LogP contribution in [0.15, 0.2) is 30.6 Å². The van der Waals surface area contributed by atoms with Crippen molar-refractivity contribution in [2.75, 3.05) is 6.54 Å². The van der Waals surface area contributed by atoms with Crippen LogP contribution in [0, 0.1) is 5.41 Å². The number of rotatable bonds is 7. The van der Waals surface area contributed by atoms with Crippen LogP contribution < -0.4 is 5.32 Å². The minimum Gasteiger partial charge on any atom is -0.393 e. The Morgan fingerprint density at radius 3 is 2.61 bits per heavy atom. The van der Waals surface area contributed by atoms with Crippen LogP contribution in [0.5, 0.6) is 0 Å². The summed E-state index contributed by atoms with van der Waals surface area (Å²) in [6.07, 6.45) is 2.11. The molecule has 0 fully saturated rings. The molecule has 23 heavy (non-hydrogen) atoms. The summed E-state index contributed by atoms with van der Waals surface area (Å²) in [6, 6.07) is 7.52. The van der Waals surface area contributed by atoms with Gasteiger partial charge < -0.3 is 10.4 Å². The second-order valence-electron chi connectivity index (χ2n) is 6.59. The smallest absolute Gasteiger partial charge is 0.224 e. The molecule has 1 aromatic heterocycles. The Kier molecular flexibility index (Phi) is 5.44. The molecule has 1 aromatic carbocycles. The van der Waals surface area contributed by atoms with E-state index in [1.165, 1.54) is 6.33 Å². The number of benzene rings is 1. The van der Waals surface area contributed by atoms with Gasteiger partial charge in [0.15, 0.2) is 0 Å². The van der Waals surface area contributed by atoms with Gasteiger partial charge in [-0.1, -0.05) is 26.0 Å². The number of tetrazole rings is 1. The first-order chi connectivity index (χ1) is 10.9. The van der Waals surface area contributed by atoms with Crippen molar-refractivity contribution in [3.8, 4) is 5.69 Å². The lowest BCUT2D eigenvalue weighted by molar-refractivity contribution is -0.121. The number of aliphatic hydroxyl groups excluding tert-OH is 1. The molecule has 0 spiro atoms. The molecular formula is C16H23N5O2. The Balaban J connectivity index is 1.86. The Hall–Kier alpha value is -2.28. The summed E-state index contributed by atoms with van der Waals surface area (Å²) in [5.74, 6) is -0.0289. The molecule has 124 valence electrons. The van der Waals surface area contributed by atoms with Crippen molar-refractivity contribution >= 4 is 5.91 Å². The summed E-state index contributed by atoms with van der Waals surface area (Å²) in [7, 11) is 0. The molecule has 2 rings (SSSR count). The Morgan fingerprint density at radius 1 is 1.35 bits per heavy atom. The average molecular weight is 317 g/mol. The predicted molar refractivity (Wildman–Crippen MR) is 85.9 cm³/mol. The summed E-state index contributed by atoms with van der Waals surface area (Å²) < 4.78 is 1.56. The molecule has 2 aromatic rings. The van der Waals surface area contributed by atoms with Crippen LogP contribution in [0.3, 0.4) is 0 Å². The highest BCUT2D eigenvalue weighted by molar-refractivity contribution is 5.78. The van der Waals surface area contributed by atoms with Gasteiger partial charge in [0.25, 0.3) is 0 Å². The number of aromatic nitrogens is 4. The zero-order chi connectivity index (χ0) is 16.9. The SMILES string of the molecule is CC(O)CC(C)(C)CNC(=O)Cc1ccc(-n2cnnn2)cc1. The fourth-order valence-corrected chi connectivity index (χ4v) is 2.50. The van der Waals surface area contributed by atoms with E-state index in [0.29, 0.717) is 19.4 Å². The summed E-state index contributed by atoms with van der Waals surface area (Å²) >= 11 is 0. The van der Waals surface area contributed by atoms with Crippen molar-refractivity contribution in [3.63, 3.8) is 0 Å². The van der Waals surface area contributed by atoms with Crippen LogP contribution in [0.2, 0.25) is 0 Å². The van der Waals surface area contributed by atoms with E-state index in [9.17, 15) is 9.90 Å². The first-order valence-electron chi connectivity index (χ1n) is 7.63. The second kappa shape index (κ2) is 7.32. The summed E-state index contributed by atoms with van der Waals surface area (Å²) in [4.78, 5) is 12.0. The van der Waals surface area contributed by atoms with E-state index in [0.717, 1.165) is 11.3 Å². The van der Waals surface area contributed by atoms with Crippen LogP contribution in [0.25, 0.3) is 5.69 Å². The molecule has 0 aliphatic carbocycles. The minimum atomic E-state index is -0.374. The van der Waals surface area contributed by atoms with Gasteiger partial charge >= 0.3 is 0 Å². The van der Waals surface area contributed by atoms with E-state index in [4.69, 9.17) is 0 Å². The van der Waals surface area contributed by atoms with Gasteiger partial charge in [-0.3, -0.25) is 4.79 Å². The normalized spacial score (nSPS) is 12.9. The van der Waals surface area contributed by atoms with Gasteiger partial charge in [-0.25, -0.2) is 4.68 Å². The molecular weight excluding hydrogens is 294 g/mol. The molecule has 1 heterocycles. The van der Waals surface area contributed by atoms with Crippen molar-refractivity contribution in [3.05, 3.63) is 36.2 Å². The Morgan fingerprint density at radius 2 is 2.04 bits per heavy atom. The van der Waals surface area contributed by atoms with Gasteiger partial charge in [0.05, 0.1) is 18.2 Å². The monoisotopic (exact) mass is 317 g/mol. The van der Waals surface area contributed by atoms with E-state index in [-0.39, 0.29) is 17.4 Å². The van der Waals surface area contributed by atoms with Crippen molar-refractivity contribution in [1.29, 1.82) is 0 Å². The summed E-state index contributed by atoms with van der Waals surface area (Å²) in [5.41, 5.74) is 1.64. The Labute approximate surface area is 135 Å². The Bertz CT molecular complexity index is 620. The highest BCUT2D eigenvalue weighted by Gasteiger charge is 2.21. The molecule has 1 amide bonds. The van der Waals surface area contributed by atoms with Gasteiger partial charge in [0, 0.05) is 6.54 Å². The number of aliphatic hydroxyl groups is 1. The number of nitrogens with zero attached hydrogens (tertiary/aromatic N) is 4. The molecule has 0 aliphatic rings. The quantitative estimate of drug-likeness (QED) is 0.798. The maximum absolute atomic E-state index is 12.0. The predicted octanol–water partition coefficient (Wildman–Crippen LogP) is 1.12. The summed E-state index contributed by atoms with van der Waals surface area (Å²) in [6.45, 7) is 6.36. The molecule has 1 unspecified atom stereocenters. The third kappa shape index (κ3) is 5.45. The zero-order valence-corrected chi connectivity index (χ0v) is 13.7. The van der Waals surface area contributed by atoms with Gasteiger partial charge in [-0.2, -0.15) is 0 Å². The van der Waals surface area contributed by atoms with Crippen LogP contribution in [0.1, 0.15) is 32.8 Å². The van der Waals surface area contributed by atoms with E-state index in [1.807, 2.05) is 38.1 Å². The maximum atomic E-state index is 12.0. The van der Waals surface area contributed by atoms with Gasteiger partial charge in [-0.05, 0) is 46.9 Å². The molecule has 0 bridgehead atoms. The molecule has 7 heteroatoms. The molecule has 2 N–H and O–H groups in total. The molecule has 0 aliphatic heterocycles. The van der Waals surface area contributed by atoms with Crippen LogP contribution in [-0.4, -0.2) is 43.9 Å². The minimum absolute atomic E-state index is 0.0289. The van der Waals surface area contributed by atoms with E-state index < -0.39 is 0 Å². The molecule has 0 radical (unpaired) electrons. The van der Waals surface area contributed by atoms with Crippen molar-refractivity contribution < 1.29 is 9.90 Å². The van der Waals surface area contributed by atoms with Gasteiger partial charge in [0.2, 0.25) is 5.91 Å². The highest BCUT2D eigenvalue weighted by atomic mass is 16.3. The van der Waals surface area contributed by atoms with Gasteiger partial charge in [0.1, 0.15) is 6.33 Å². The second-order valence-corrected chi connectivity index (χ2v) is 6.59. The maximum Gasteiger partial charge on any atom is 0.224 e. The van der Waals surface area contributed by atoms with Crippen molar-refractivity contribution in [2.45, 2.75) is 39.7 Å². The number of hydrogen-bond acceptors (Lipinski definition) is 5. The van der Waals surface area contributed by atoms with Gasteiger partial charge in [-0.15, -0.1) is 5.10 Å². The zero-order valence-electron chi connectivity index (χ0n) is 13.7. The number of amides is 1. The third-order valence-corrected chi connectivity index (χ3v) is 3.53. The topological polar surface area (TPSA) is 92.9 Å². The summed E-state index contributed by atoms with van der Waals surface area (Å²) in [5, 5.41) is 23.4. The molecule has 7 nitrogen and oxygen atoms in total. The number of carbonyl (C=O) groups is 1. The van der Waals surface area contributed by atoms with Crippen molar-refractivity contribution in [1.82, 2.24) is 25.5 Å². The largest absolute Gasteiger partial charge is 0.393 e. The van der Waals surface area contributed by atoms with Crippen LogP contribution >= 0.6 is 0 Å². The highest BCUT2D eigenvalue weighted by Crippen LogP contribution is 2.21. The van der Waals surface area contributed by atoms with Crippen LogP contribution in [-0.2, 0) is 11.2 Å². The lowest BCUT2D eigenvalue weighted by Crippen LogP contribution is -2.36. The van der Waals surface area contributed by atoms with Crippen molar-refractivity contribution in [2.24, 2.45) is 5.41 Å². The number of hydrogen-bond donors (Lipinski definition) is 2. The van der Waals surface area contributed by atoms with E-state index in [1.54, 1.807) is 11.6 Å². The molecule has 0 saturated heterocycles. The lowest BCUT2D eigenvalue weighted by atomic mass is 9.87. The van der Waals surface area contributed by atoms with E-state index >= 15 is 0 Å². The average Bonchev–Trinajstić information content (AvgIpc) is 2.99. The first kappa shape index (κ1) is 17.1. The number of carbonyl (C=O) groups excluding carboxylic acids is 1. The standard InChI is InChI=1S/C16H23N5O2/c1-12(22)9-16(2,3)10-17-15(23)8-13-4-6-14(7-5-13)21-11-18-19-20-21/h4-7,11-12,22H,8-10H2,1-3H3,(H,17,23). The van der Waals surface area contributed by atoms with E-state index in [2.05, 4.69) is 20.8 Å². The first-order valence-corrected chi connectivity index (χ1v) is 7.63. The molecule has 0 saturated carbocycles. The third-order valence-electron chi connectivity index (χ3n) is 3.53. The fraction of sp³-hybridized carbons (Fsp3) is 0.500. The van der Waals surface area contributed by atoms with Crippen LogP contribution in [0.4, 0.5) is 0 Å².